The van der Waals surface area contributed by atoms with E-state index in [-0.39, 0.29) is 23.3 Å². The number of carbonyl (C=O) groups excluding carboxylic acids is 1. The fourth-order valence-corrected chi connectivity index (χ4v) is 5.86. The van der Waals surface area contributed by atoms with Crippen LogP contribution in [0.15, 0.2) is 48.8 Å². The molecular formula is C27H24F2N6O2. The molecule has 1 fully saturated rings. The first-order valence-electron chi connectivity index (χ1n) is 13.6. The minimum atomic E-state index is -3.13. The molecule has 0 saturated heterocycles. The van der Waals surface area contributed by atoms with Crippen LogP contribution in [0.4, 0.5) is 8.78 Å². The number of fused-ring (bicyclic) bond motifs is 9. The maximum atomic E-state index is 13.6. The van der Waals surface area contributed by atoms with Crippen LogP contribution in [-0.2, 0) is 5.54 Å². The van der Waals surface area contributed by atoms with E-state index in [2.05, 4.69) is 10.1 Å². The van der Waals surface area contributed by atoms with Crippen molar-refractivity contribution in [2.75, 3.05) is 6.98 Å². The maximum Gasteiger partial charge on any atom is 0.387 e. The maximum absolute atomic E-state index is 13.6. The van der Waals surface area contributed by atoms with Gasteiger partial charge in [-0.2, -0.15) is 13.9 Å². The molecule has 0 radical (unpaired) electrons. The molecule has 3 aliphatic rings. The molecule has 8 nitrogen and oxygen atoms in total. The van der Waals surface area contributed by atoms with Gasteiger partial charge in [-0.25, -0.2) is 9.50 Å². The van der Waals surface area contributed by atoms with Crippen LogP contribution in [0.3, 0.4) is 0 Å². The van der Waals surface area contributed by atoms with Crippen molar-refractivity contribution in [3.05, 3.63) is 76.9 Å². The lowest BCUT2D eigenvalue weighted by Gasteiger charge is -2.37. The second kappa shape index (κ2) is 7.79. The topological polar surface area (TPSA) is 98.6 Å². The van der Waals surface area contributed by atoms with Gasteiger partial charge in [-0.3, -0.25) is 9.78 Å². The number of amides is 1. The van der Waals surface area contributed by atoms with Crippen LogP contribution < -0.4 is 10.5 Å². The van der Waals surface area contributed by atoms with Crippen LogP contribution in [0.2, 0.25) is 0 Å². The summed E-state index contributed by atoms with van der Waals surface area (Å²) in [6, 6.07) is 8.89. The quantitative estimate of drug-likeness (QED) is 0.442. The van der Waals surface area contributed by atoms with Gasteiger partial charge in [-0.05, 0) is 56.0 Å². The second-order valence-corrected chi connectivity index (χ2v) is 9.90. The molecule has 37 heavy (non-hydrogen) atoms. The van der Waals surface area contributed by atoms with Crippen molar-refractivity contribution in [2.45, 2.75) is 49.8 Å². The fraction of sp³-hybridized carbons (Fsp3) is 0.333. The summed E-state index contributed by atoms with van der Waals surface area (Å²) in [6.07, 6.45) is 6.43. The van der Waals surface area contributed by atoms with Gasteiger partial charge >= 0.3 is 6.61 Å². The molecule has 1 saturated carbocycles. The summed E-state index contributed by atoms with van der Waals surface area (Å²) in [5.41, 5.74) is 9.83. The molecular weight excluding hydrogens is 478 g/mol. The van der Waals surface area contributed by atoms with Crippen LogP contribution in [0.1, 0.15) is 74.6 Å². The summed E-state index contributed by atoms with van der Waals surface area (Å²) in [5.74, 6) is -1.60. The van der Waals surface area contributed by atoms with E-state index in [1.807, 2.05) is 12.1 Å². The Morgan fingerprint density at radius 2 is 2.08 bits per heavy atom. The van der Waals surface area contributed by atoms with E-state index < -0.39 is 37.0 Å². The average Bonchev–Trinajstić information content (AvgIpc) is 3.39. The number of halogens is 2. The molecule has 1 aliphatic heterocycles. The molecule has 2 atom stereocenters. The number of pyridine rings is 1. The molecule has 2 bridgehead atoms. The first-order valence-corrected chi connectivity index (χ1v) is 12.1. The Balaban J connectivity index is 1.40. The van der Waals surface area contributed by atoms with E-state index in [0.29, 0.717) is 22.6 Å². The summed E-state index contributed by atoms with van der Waals surface area (Å²) in [7, 11) is 0. The average molecular weight is 506 g/mol. The molecule has 3 aromatic heterocycles. The lowest BCUT2D eigenvalue weighted by molar-refractivity contribution is -0.0505. The number of hydrogen-bond donors (Lipinski definition) is 1. The number of alkyl halides is 2. The van der Waals surface area contributed by atoms with Gasteiger partial charge < -0.3 is 15.4 Å². The summed E-state index contributed by atoms with van der Waals surface area (Å²) >= 11 is 0. The molecule has 10 heteroatoms. The molecule has 4 heterocycles. The third kappa shape index (κ3) is 3.21. The summed E-state index contributed by atoms with van der Waals surface area (Å²) < 4.78 is 57.6. The number of benzene rings is 1. The second-order valence-electron chi connectivity index (χ2n) is 9.90. The van der Waals surface area contributed by atoms with Crippen molar-refractivity contribution in [2.24, 2.45) is 5.73 Å². The van der Waals surface area contributed by atoms with Crippen molar-refractivity contribution in [3.63, 3.8) is 0 Å². The van der Waals surface area contributed by atoms with Crippen LogP contribution in [0, 0.1) is 0 Å². The Morgan fingerprint density at radius 3 is 2.78 bits per heavy atom. The zero-order valence-corrected chi connectivity index (χ0v) is 19.6. The summed E-state index contributed by atoms with van der Waals surface area (Å²) in [6.45, 7) is -5.92. The molecule has 4 aromatic rings. The third-order valence-electron chi connectivity index (χ3n) is 7.88. The zero-order valence-electron chi connectivity index (χ0n) is 22.6. The number of carbonyl (C=O) groups is 1. The monoisotopic (exact) mass is 505 g/mol. The Kier molecular flexibility index (Phi) is 4.05. The normalized spacial score (nSPS) is 23.1. The Bertz CT molecular complexity index is 1670. The predicted molar refractivity (Wildman–Crippen MR) is 130 cm³/mol. The Morgan fingerprint density at radius 1 is 1.22 bits per heavy atom. The first kappa shape index (κ1) is 19.2. The molecule has 0 unspecified atom stereocenters. The van der Waals surface area contributed by atoms with Gasteiger partial charge in [-0.15, -0.1) is 0 Å². The summed E-state index contributed by atoms with van der Waals surface area (Å²) in [5, 5.41) is 4.63. The van der Waals surface area contributed by atoms with E-state index in [9.17, 15) is 13.6 Å². The molecule has 1 amide bonds. The Hall–Kier alpha value is -3.92. The molecule has 188 valence electrons. The molecule has 1 aromatic carbocycles. The minimum Gasteiger partial charge on any atom is -0.434 e. The highest BCUT2D eigenvalue weighted by Gasteiger charge is 2.46. The lowest BCUT2D eigenvalue weighted by Crippen LogP contribution is -2.43. The predicted octanol–water partition coefficient (Wildman–Crippen LogP) is 4.39. The van der Waals surface area contributed by atoms with Crippen molar-refractivity contribution in [1.82, 2.24) is 24.5 Å². The highest BCUT2D eigenvalue weighted by Crippen LogP contribution is 2.53. The summed E-state index contributed by atoms with van der Waals surface area (Å²) in [4.78, 5) is 23.8. The molecule has 7 rings (SSSR count). The zero-order chi connectivity index (χ0) is 28.0. The van der Waals surface area contributed by atoms with E-state index in [0.717, 1.165) is 35.4 Å². The lowest BCUT2D eigenvalue weighted by atomic mass is 9.75. The molecule has 2 aliphatic carbocycles. The fourth-order valence-electron chi connectivity index (χ4n) is 5.86. The third-order valence-corrected chi connectivity index (χ3v) is 7.88. The van der Waals surface area contributed by atoms with Gasteiger partial charge in [0.15, 0.2) is 5.65 Å². The molecule has 2 N–H and O–H groups in total. The van der Waals surface area contributed by atoms with E-state index in [1.165, 1.54) is 22.7 Å². The van der Waals surface area contributed by atoms with Crippen molar-refractivity contribution in [3.8, 4) is 17.0 Å². The minimum absolute atomic E-state index is 0.00873. The number of hydrogen-bond acceptors (Lipinski definition) is 6. The van der Waals surface area contributed by atoms with Gasteiger partial charge in [0.2, 0.25) is 0 Å². The van der Waals surface area contributed by atoms with Gasteiger partial charge in [0.1, 0.15) is 5.75 Å². The van der Waals surface area contributed by atoms with E-state index >= 15 is 0 Å². The van der Waals surface area contributed by atoms with Crippen LogP contribution in [0.25, 0.3) is 16.9 Å². The molecule has 0 spiro atoms. The van der Waals surface area contributed by atoms with Crippen LogP contribution in [-0.4, -0.2) is 44.0 Å². The number of nitrogens with two attached hydrogens (primary N) is 1. The number of rotatable bonds is 4. The van der Waals surface area contributed by atoms with Gasteiger partial charge in [0.25, 0.3) is 5.91 Å². The Labute approximate surface area is 215 Å². The number of aromatic nitrogens is 4. The standard InChI is InChI=1S/C27H24F2N6O2/c1-34-18-12-16(21-15(25(34)36)4-2-5-19(21)37-26(28)29)22-23(18)33-35-11-8-17(32-24(22)35)14-6-7-20(31-13-14)27(30)9-3-10-27/h2,4-8,11,13,16,18,26H,3,9-10,12,30H2,1H3/t16-,18-/m1/s1/i1D3. The van der Waals surface area contributed by atoms with Crippen LogP contribution in [0.5, 0.6) is 5.75 Å². The van der Waals surface area contributed by atoms with Crippen molar-refractivity contribution >= 4 is 11.6 Å². The number of ether oxygens (including phenoxy) is 1. The first-order chi connectivity index (χ1) is 19.0. The van der Waals surface area contributed by atoms with E-state index in [1.54, 1.807) is 18.5 Å². The highest BCUT2D eigenvalue weighted by atomic mass is 19.3. The van der Waals surface area contributed by atoms with E-state index in [4.69, 9.17) is 19.6 Å². The van der Waals surface area contributed by atoms with Gasteiger partial charge in [0, 0.05) is 51.7 Å². The van der Waals surface area contributed by atoms with Crippen molar-refractivity contribution in [1.29, 1.82) is 0 Å². The van der Waals surface area contributed by atoms with Crippen LogP contribution >= 0.6 is 0 Å². The smallest absolute Gasteiger partial charge is 0.387 e. The largest absolute Gasteiger partial charge is 0.434 e. The SMILES string of the molecule is [2H]C([2H])([2H])N1C(=O)c2cccc(OC(F)F)c2[C@H]2C[C@@H]1c1nn3ccc(-c4ccc(C5(N)CCC5)nc4)nc3c12. The number of nitrogens with zero attached hydrogens (tertiary/aromatic N) is 5. The highest BCUT2D eigenvalue weighted by molar-refractivity contribution is 5.98. The van der Waals surface area contributed by atoms with Gasteiger partial charge in [-0.1, -0.05) is 6.07 Å². The van der Waals surface area contributed by atoms with Gasteiger partial charge in [0.05, 0.1) is 28.7 Å². The van der Waals surface area contributed by atoms with Crippen molar-refractivity contribution < 1.29 is 22.4 Å².